The molecule has 0 saturated heterocycles. The average Bonchev–Trinajstić information content (AvgIpc) is 2.30. The van der Waals surface area contributed by atoms with E-state index in [0.717, 1.165) is 0 Å². The third-order valence-electron chi connectivity index (χ3n) is 1.37. The highest BCUT2D eigenvalue weighted by molar-refractivity contribution is 9.10. The van der Waals surface area contributed by atoms with E-state index in [0.29, 0.717) is 0 Å². The molecule has 2 aromatic rings. The van der Waals surface area contributed by atoms with Crippen LogP contribution in [0, 0.1) is 0 Å². The predicted octanol–water partition coefficient (Wildman–Crippen LogP) is 2.29. The molecule has 60 valence electrons. The number of fused-ring (bicyclic) bond motifs is 1. The van der Waals surface area contributed by atoms with Gasteiger partial charge in [0.2, 0.25) is 5.56 Å². The fraction of sp³-hybridized carbons (Fsp3) is 0. The zero-order valence-electron chi connectivity index (χ0n) is 10.8. The van der Waals surface area contributed by atoms with Gasteiger partial charge in [-0.05, 0) is 33.4 Å². The van der Waals surface area contributed by atoms with Crippen LogP contribution in [0.25, 0.3) is 10.9 Å². The molecule has 0 radical (unpaired) electrons. The van der Waals surface area contributed by atoms with Crippen molar-refractivity contribution in [1.29, 1.82) is 0 Å². The third-order valence-corrected chi connectivity index (χ3v) is 1.96. The molecule has 0 unspecified atom stereocenters. The Balaban J connectivity index is 3.18. The van der Waals surface area contributed by atoms with Crippen LogP contribution in [0.5, 0.6) is 0 Å². The molecule has 0 aliphatic rings. The van der Waals surface area contributed by atoms with E-state index in [1.165, 1.54) is 0 Å². The number of H-pyrrole nitrogens is 1. The molecule has 0 aliphatic carbocycles. The number of aromatic amines is 1. The van der Waals surface area contributed by atoms with Crippen molar-refractivity contribution in [2.75, 3.05) is 0 Å². The van der Waals surface area contributed by atoms with E-state index in [-0.39, 0.29) is 33.5 Å². The molecule has 12 heavy (non-hydrogen) atoms. The maximum absolute atomic E-state index is 11.4. The summed E-state index contributed by atoms with van der Waals surface area (Å²) < 4.78 is 38.0. The molecule has 0 aliphatic heterocycles. The number of para-hydroxylation sites is 1. The molecule has 1 aromatic carbocycles. The second-order valence-electron chi connectivity index (χ2n) is 2.14. The fourth-order valence-electron chi connectivity index (χ4n) is 0.859. The molecule has 0 atom stereocenters. The number of benzene rings is 1. The van der Waals surface area contributed by atoms with Crippen molar-refractivity contribution in [3.63, 3.8) is 0 Å². The lowest BCUT2D eigenvalue weighted by Gasteiger charge is -1.97. The topological polar surface area (TPSA) is 32.9 Å². The summed E-state index contributed by atoms with van der Waals surface area (Å²) >= 11 is 3.05. The summed E-state index contributed by atoms with van der Waals surface area (Å²) in [6.45, 7) is 0. The van der Waals surface area contributed by atoms with Crippen LogP contribution in [0.15, 0.2) is 39.5 Å². The first-order chi connectivity index (χ1) is 7.86. The van der Waals surface area contributed by atoms with Crippen LogP contribution in [0.2, 0.25) is 0 Å². The van der Waals surface area contributed by atoms with Crippen molar-refractivity contribution in [2.24, 2.45) is 0 Å². The van der Waals surface area contributed by atoms with Gasteiger partial charge in [0.25, 0.3) is 0 Å². The minimum Gasteiger partial charge on any atom is -0.321 e. The summed E-state index contributed by atoms with van der Waals surface area (Å²) in [5.41, 5.74) is -0.637. The molecule has 1 aromatic heterocycles. The monoisotopic (exact) mass is 228 g/mol. The Morgan fingerprint density at radius 2 is 2.17 bits per heavy atom. The molecule has 0 amide bonds. The van der Waals surface area contributed by atoms with Crippen molar-refractivity contribution in [3.05, 3.63) is 45.0 Å². The maximum atomic E-state index is 11.4. The third kappa shape index (κ3) is 1.16. The number of aromatic nitrogens is 1. The highest BCUT2D eigenvalue weighted by Crippen LogP contribution is 2.19. The Morgan fingerprint density at radius 3 is 3.00 bits per heavy atom. The van der Waals surface area contributed by atoms with Gasteiger partial charge in [0.15, 0.2) is 0 Å². The second kappa shape index (κ2) is 2.75. The highest BCUT2D eigenvalue weighted by atomic mass is 79.9. The number of halogens is 1. The van der Waals surface area contributed by atoms with E-state index in [2.05, 4.69) is 20.9 Å². The SMILES string of the molecule is [2H]c1c([2H])c([2H])c2c([2H])c([2H])c(=O)[nH]c2c1Br. The Labute approximate surface area is 84.4 Å². The summed E-state index contributed by atoms with van der Waals surface area (Å²) in [5, 5.41) is 0.00229. The van der Waals surface area contributed by atoms with Crippen molar-refractivity contribution in [3.8, 4) is 0 Å². The highest BCUT2D eigenvalue weighted by Gasteiger charge is 1.96. The maximum Gasteiger partial charge on any atom is 0.248 e. The summed E-state index contributed by atoms with van der Waals surface area (Å²) in [6.07, 6.45) is 0. The van der Waals surface area contributed by atoms with Gasteiger partial charge >= 0.3 is 0 Å². The summed E-state index contributed by atoms with van der Waals surface area (Å²) in [7, 11) is 0. The molecule has 3 heteroatoms. The molecule has 1 heterocycles. The van der Waals surface area contributed by atoms with Crippen LogP contribution < -0.4 is 5.56 Å². The van der Waals surface area contributed by atoms with Gasteiger partial charge in [-0.3, -0.25) is 4.79 Å². The molecule has 2 rings (SSSR count). The number of nitrogens with one attached hydrogen (secondary N) is 1. The fourth-order valence-corrected chi connectivity index (χ4v) is 1.26. The van der Waals surface area contributed by atoms with Crippen LogP contribution in [-0.4, -0.2) is 4.98 Å². The predicted molar refractivity (Wildman–Crippen MR) is 52.3 cm³/mol. The van der Waals surface area contributed by atoms with Crippen molar-refractivity contribution in [1.82, 2.24) is 4.98 Å². The number of rotatable bonds is 0. The van der Waals surface area contributed by atoms with E-state index in [1.54, 1.807) is 0 Å². The van der Waals surface area contributed by atoms with Gasteiger partial charge in [0.05, 0.1) is 12.4 Å². The molecule has 0 saturated carbocycles. The van der Waals surface area contributed by atoms with Crippen molar-refractivity contribution < 1.29 is 6.85 Å². The Bertz CT molecular complexity index is 696. The first kappa shape index (κ1) is 3.75. The van der Waals surface area contributed by atoms with Gasteiger partial charge < -0.3 is 4.98 Å². The van der Waals surface area contributed by atoms with Crippen molar-refractivity contribution in [2.45, 2.75) is 0 Å². The van der Waals surface area contributed by atoms with Gasteiger partial charge in [-0.25, -0.2) is 0 Å². The molecular weight excluding hydrogens is 218 g/mol. The van der Waals surface area contributed by atoms with Crippen LogP contribution in [-0.2, 0) is 0 Å². The van der Waals surface area contributed by atoms with Gasteiger partial charge in [0.1, 0.15) is 0 Å². The number of pyridine rings is 1. The second-order valence-corrected chi connectivity index (χ2v) is 2.94. The quantitative estimate of drug-likeness (QED) is 0.738. The van der Waals surface area contributed by atoms with Crippen LogP contribution in [0.3, 0.4) is 0 Å². The molecule has 0 bridgehead atoms. The van der Waals surface area contributed by atoms with Gasteiger partial charge in [-0.15, -0.1) is 0 Å². The molecule has 1 N–H and O–H groups in total. The Morgan fingerprint density at radius 1 is 1.33 bits per heavy atom. The van der Waals surface area contributed by atoms with E-state index < -0.39 is 17.6 Å². The zero-order valence-corrected chi connectivity index (χ0v) is 7.37. The normalized spacial score (nSPS) is 16.2. The molecule has 0 fully saturated rings. The van der Waals surface area contributed by atoms with Crippen LogP contribution in [0.4, 0.5) is 0 Å². The van der Waals surface area contributed by atoms with Gasteiger partial charge in [0, 0.05) is 10.5 Å². The molecular formula is C9H6BrNO. The van der Waals surface area contributed by atoms with Gasteiger partial charge in [-0.1, -0.05) is 12.1 Å². The summed E-state index contributed by atoms with van der Waals surface area (Å²) in [4.78, 5) is 13.7. The minimum absolute atomic E-state index is 0.00229. The van der Waals surface area contributed by atoms with E-state index in [1.807, 2.05) is 0 Å². The van der Waals surface area contributed by atoms with E-state index in [4.69, 9.17) is 6.85 Å². The smallest absolute Gasteiger partial charge is 0.248 e. The molecule has 0 spiro atoms. The largest absolute Gasteiger partial charge is 0.321 e. The first-order valence-electron chi connectivity index (χ1n) is 5.64. The first-order valence-corrected chi connectivity index (χ1v) is 3.94. The van der Waals surface area contributed by atoms with E-state index in [9.17, 15) is 4.79 Å². The lowest BCUT2D eigenvalue weighted by molar-refractivity contribution is 1.30. The Kier molecular flexibility index (Phi) is 0.859. The number of hydrogen-bond acceptors (Lipinski definition) is 1. The zero-order chi connectivity index (χ0) is 12.9. The standard InChI is InChI=1S/C9H6BrNO/c10-7-3-1-2-6-4-5-8(12)11-9(6)7/h1-5H,(H,11,12)/i1D,2D,3D,4D,5D. The average molecular weight is 229 g/mol. The Hall–Kier alpha value is -1.09. The van der Waals surface area contributed by atoms with Crippen molar-refractivity contribution >= 4 is 26.8 Å². The van der Waals surface area contributed by atoms with E-state index >= 15 is 0 Å². The summed E-state index contributed by atoms with van der Waals surface area (Å²) in [6, 6.07) is -1.85. The lowest BCUT2D eigenvalue weighted by Crippen LogP contribution is -2.02. The lowest BCUT2D eigenvalue weighted by atomic mass is 10.2. The van der Waals surface area contributed by atoms with Gasteiger partial charge in [-0.2, -0.15) is 0 Å². The summed E-state index contributed by atoms with van der Waals surface area (Å²) in [5.74, 6) is 0. The number of hydrogen-bond donors (Lipinski definition) is 1. The van der Waals surface area contributed by atoms with Crippen LogP contribution in [0.1, 0.15) is 6.85 Å². The molecule has 2 nitrogen and oxygen atoms in total. The van der Waals surface area contributed by atoms with Crippen LogP contribution >= 0.6 is 15.9 Å². The minimum atomic E-state index is -0.750.